The van der Waals surface area contributed by atoms with E-state index in [9.17, 15) is 9.59 Å². The Hall–Kier alpha value is -3.41. The maximum Gasteiger partial charge on any atom is 0.251 e. The summed E-state index contributed by atoms with van der Waals surface area (Å²) in [5, 5.41) is 5.85. The van der Waals surface area contributed by atoms with E-state index in [0.29, 0.717) is 30.8 Å². The van der Waals surface area contributed by atoms with Gasteiger partial charge in [-0.3, -0.25) is 9.59 Å². The minimum atomic E-state index is -0.184. The Labute approximate surface area is 171 Å². The second-order valence-corrected chi connectivity index (χ2v) is 7.61. The van der Waals surface area contributed by atoms with Crippen LogP contribution >= 0.6 is 0 Å². The SMILES string of the molecule is CC(C)(CNC(=O)c1cccc(NC(=O)CCn2ccnc2)c1)c1ccccc1. The molecule has 0 spiro atoms. The van der Waals surface area contributed by atoms with Gasteiger partial charge in [0.05, 0.1) is 6.33 Å². The molecule has 0 saturated heterocycles. The van der Waals surface area contributed by atoms with E-state index in [-0.39, 0.29) is 17.2 Å². The predicted molar refractivity (Wildman–Crippen MR) is 114 cm³/mol. The number of hydrogen-bond acceptors (Lipinski definition) is 3. The third-order valence-corrected chi connectivity index (χ3v) is 4.81. The Morgan fingerprint density at radius 1 is 1.07 bits per heavy atom. The fraction of sp³-hybridized carbons (Fsp3) is 0.261. The number of benzene rings is 2. The third kappa shape index (κ3) is 5.78. The van der Waals surface area contributed by atoms with Crippen LogP contribution in [0, 0.1) is 0 Å². The van der Waals surface area contributed by atoms with E-state index in [1.54, 1.807) is 36.8 Å². The van der Waals surface area contributed by atoms with Crippen molar-refractivity contribution >= 4 is 17.5 Å². The summed E-state index contributed by atoms with van der Waals surface area (Å²) in [5.41, 5.74) is 2.10. The summed E-state index contributed by atoms with van der Waals surface area (Å²) in [5.74, 6) is -0.273. The van der Waals surface area contributed by atoms with E-state index in [0.717, 1.165) is 0 Å². The molecule has 0 atom stereocenters. The lowest BCUT2D eigenvalue weighted by Crippen LogP contribution is -2.36. The molecule has 0 bridgehead atoms. The summed E-state index contributed by atoms with van der Waals surface area (Å²) in [6, 6.07) is 17.1. The molecule has 6 nitrogen and oxygen atoms in total. The summed E-state index contributed by atoms with van der Waals surface area (Å²) < 4.78 is 1.85. The van der Waals surface area contributed by atoms with Crippen LogP contribution in [0.25, 0.3) is 0 Å². The van der Waals surface area contributed by atoms with Crippen LogP contribution in [-0.4, -0.2) is 27.9 Å². The predicted octanol–water partition coefficient (Wildman–Crippen LogP) is 3.62. The summed E-state index contributed by atoms with van der Waals surface area (Å²) in [6.45, 7) is 5.26. The molecule has 6 heteroatoms. The zero-order chi connectivity index (χ0) is 20.7. The van der Waals surface area contributed by atoms with Gasteiger partial charge in [0.2, 0.25) is 5.91 Å². The molecule has 2 aromatic carbocycles. The highest BCUT2D eigenvalue weighted by atomic mass is 16.2. The van der Waals surface area contributed by atoms with Gasteiger partial charge in [0.1, 0.15) is 0 Å². The fourth-order valence-electron chi connectivity index (χ4n) is 3.01. The number of aryl methyl sites for hydroxylation is 1. The Balaban J connectivity index is 1.55. The number of rotatable bonds is 8. The molecule has 0 aliphatic carbocycles. The normalized spacial score (nSPS) is 11.1. The molecule has 1 aromatic heterocycles. The van der Waals surface area contributed by atoms with Crippen molar-refractivity contribution in [2.75, 3.05) is 11.9 Å². The smallest absolute Gasteiger partial charge is 0.251 e. The van der Waals surface area contributed by atoms with Gasteiger partial charge >= 0.3 is 0 Å². The first-order chi connectivity index (χ1) is 13.9. The number of imidazole rings is 1. The lowest BCUT2D eigenvalue weighted by molar-refractivity contribution is -0.116. The summed E-state index contributed by atoms with van der Waals surface area (Å²) in [4.78, 5) is 28.7. The van der Waals surface area contributed by atoms with Gasteiger partial charge < -0.3 is 15.2 Å². The zero-order valence-electron chi connectivity index (χ0n) is 16.8. The molecular formula is C23H26N4O2. The monoisotopic (exact) mass is 390 g/mol. The van der Waals surface area contributed by atoms with Crippen molar-refractivity contribution in [2.24, 2.45) is 0 Å². The van der Waals surface area contributed by atoms with Gasteiger partial charge in [-0.2, -0.15) is 0 Å². The van der Waals surface area contributed by atoms with Gasteiger partial charge in [0.15, 0.2) is 0 Å². The second-order valence-electron chi connectivity index (χ2n) is 7.61. The lowest BCUT2D eigenvalue weighted by Gasteiger charge is -2.25. The highest BCUT2D eigenvalue weighted by Crippen LogP contribution is 2.22. The van der Waals surface area contributed by atoms with Crippen LogP contribution in [0.1, 0.15) is 36.2 Å². The topological polar surface area (TPSA) is 76.0 Å². The number of hydrogen-bond donors (Lipinski definition) is 2. The van der Waals surface area contributed by atoms with Gasteiger partial charge in [0, 0.05) is 48.6 Å². The van der Waals surface area contributed by atoms with Crippen LogP contribution < -0.4 is 10.6 Å². The largest absolute Gasteiger partial charge is 0.351 e. The van der Waals surface area contributed by atoms with Gasteiger partial charge in [-0.05, 0) is 23.8 Å². The molecule has 0 unspecified atom stereocenters. The van der Waals surface area contributed by atoms with Gasteiger partial charge in [-0.15, -0.1) is 0 Å². The van der Waals surface area contributed by atoms with Crippen LogP contribution in [0.4, 0.5) is 5.69 Å². The summed E-state index contributed by atoms with van der Waals surface area (Å²) in [6.07, 6.45) is 5.50. The van der Waals surface area contributed by atoms with E-state index < -0.39 is 0 Å². The highest BCUT2D eigenvalue weighted by Gasteiger charge is 2.21. The van der Waals surface area contributed by atoms with E-state index in [1.165, 1.54) is 5.56 Å². The average Bonchev–Trinajstić information content (AvgIpc) is 3.25. The molecule has 3 rings (SSSR count). The zero-order valence-corrected chi connectivity index (χ0v) is 16.8. The van der Waals surface area contributed by atoms with Crippen LogP contribution in [0.5, 0.6) is 0 Å². The minimum absolute atomic E-state index is 0.110. The van der Waals surface area contributed by atoms with Crippen molar-refractivity contribution in [1.82, 2.24) is 14.9 Å². The van der Waals surface area contributed by atoms with Crippen molar-refractivity contribution in [3.8, 4) is 0 Å². The average molecular weight is 390 g/mol. The lowest BCUT2D eigenvalue weighted by atomic mass is 9.84. The van der Waals surface area contributed by atoms with Gasteiger partial charge in [0.25, 0.3) is 5.91 Å². The van der Waals surface area contributed by atoms with E-state index in [4.69, 9.17) is 0 Å². The van der Waals surface area contributed by atoms with Crippen molar-refractivity contribution in [3.05, 3.63) is 84.4 Å². The van der Waals surface area contributed by atoms with E-state index in [2.05, 4.69) is 41.6 Å². The third-order valence-electron chi connectivity index (χ3n) is 4.81. The number of aromatic nitrogens is 2. The number of anilines is 1. The first kappa shape index (κ1) is 20.3. The quantitative estimate of drug-likeness (QED) is 0.617. The number of carbonyl (C=O) groups excluding carboxylic acids is 2. The Morgan fingerprint density at radius 3 is 2.59 bits per heavy atom. The molecule has 0 aliphatic rings. The van der Waals surface area contributed by atoms with Gasteiger partial charge in [-0.25, -0.2) is 4.98 Å². The summed E-state index contributed by atoms with van der Waals surface area (Å²) >= 11 is 0. The van der Waals surface area contributed by atoms with Crippen LogP contribution in [0.15, 0.2) is 73.3 Å². The van der Waals surface area contributed by atoms with E-state index in [1.807, 2.05) is 29.0 Å². The molecule has 3 aromatic rings. The van der Waals surface area contributed by atoms with Crippen molar-refractivity contribution in [2.45, 2.75) is 32.2 Å². The number of carbonyl (C=O) groups is 2. The van der Waals surface area contributed by atoms with E-state index >= 15 is 0 Å². The molecule has 0 fully saturated rings. The van der Waals surface area contributed by atoms with Crippen molar-refractivity contribution in [3.63, 3.8) is 0 Å². The minimum Gasteiger partial charge on any atom is -0.351 e. The molecule has 0 radical (unpaired) electrons. The molecule has 1 heterocycles. The molecular weight excluding hydrogens is 364 g/mol. The Morgan fingerprint density at radius 2 is 1.86 bits per heavy atom. The fourth-order valence-corrected chi connectivity index (χ4v) is 3.01. The maximum atomic E-state index is 12.6. The molecule has 150 valence electrons. The standard InChI is InChI=1S/C23H26N4O2/c1-23(2,19-8-4-3-5-9-19)16-25-22(29)18-7-6-10-20(15-18)26-21(28)11-13-27-14-12-24-17-27/h3-10,12,14-15,17H,11,13,16H2,1-2H3,(H,25,29)(H,26,28). The summed E-state index contributed by atoms with van der Waals surface area (Å²) in [7, 11) is 0. The second kappa shape index (κ2) is 9.19. The van der Waals surface area contributed by atoms with Crippen molar-refractivity contribution in [1.29, 1.82) is 0 Å². The van der Waals surface area contributed by atoms with Crippen LogP contribution in [0.2, 0.25) is 0 Å². The number of nitrogens with zero attached hydrogens (tertiary/aromatic N) is 2. The molecule has 0 saturated carbocycles. The molecule has 2 N–H and O–H groups in total. The molecule has 0 aliphatic heterocycles. The first-order valence-electron chi connectivity index (χ1n) is 9.63. The van der Waals surface area contributed by atoms with Crippen LogP contribution in [0.3, 0.4) is 0 Å². The molecule has 29 heavy (non-hydrogen) atoms. The molecule has 2 amide bonds. The highest BCUT2D eigenvalue weighted by molar-refractivity contribution is 5.97. The van der Waals surface area contributed by atoms with Gasteiger partial charge in [-0.1, -0.05) is 50.2 Å². The first-order valence-corrected chi connectivity index (χ1v) is 9.63. The maximum absolute atomic E-state index is 12.6. The van der Waals surface area contributed by atoms with Crippen molar-refractivity contribution < 1.29 is 9.59 Å². The Bertz CT molecular complexity index is 950. The van der Waals surface area contributed by atoms with Crippen LogP contribution in [-0.2, 0) is 16.8 Å². The Kier molecular flexibility index (Phi) is 6.44. The number of nitrogens with one attached hydrogen (secondary N) is 2. The number of amides is 2.